The van der Waals surface area contributed by atoms with E-state index in [1.165, 1.54) is 11.0 Å². The molecule has 1 aromatic rings. The van der Waals surface area contributed by atoms with Gasteiger partial charge in [-0.1, -0.05) is 6.07 Å². The van der Waals surface area contributed by atoms with Crippen LogP contribution in [0.3, 0.4) is 0 Å². The van der Waals surface area contributed by atoms with Crippen LogP contribution in [0.5, 0.6) is 0 Å². The van der Waals surface area contributed by atoms with Crippen LogP contribution in [0.15, 0.2) is 18.2 Å². The van der Waals surface area contributed by atoms with Gasteiger partial charge in [-0.05, 0) is 31.0 Å². The van der Waals surface area contributed by atoms with Crippen molar-refractivity contribution >= 4 is 15.7 Å². The average molecular weight is 285 g/mol. The summed E-state index contributed by atoms with van der Waals surface area (Å²) in [7, 11) is -1.48. The number of rotatable bonds is 2. The van der Waals surface area contributed by atoms with Crippen LogP contribution < -0.4 is 0 Å². The molecular formula is C13H16FNO3S. The highest BCUT2D eigenvalue weighted by Gasteiger charge is 2.33. The Balaban J connectivity index is 2.17. The topological polar surface area (TPSA) is 54.5 Å². The first-order valence-corrected chi connectivity index (χ1v) is 7.86. The molecule has 19 heavy (non-hydrogen) atoms. The van der Waals surface area contributed by atoms with Gasteiger partial charge in [0.05, 0.1) is 11.5 Å². The van der Waals surface area contributed by atoms with Crippen molar-refractivity contribution in [1.82, 2.24) is 4.90 Å². The van der Waals surface area contributed by atoms with Gasteiger partial charge in [-0.15, -0.1) is 0 Å². The summed E-state index contributed by atoms with van der Waals surface area (Å²) in [5, 5.41) is 0. The van der Waals surface area contributed by atoms with Crippen LogP contribution in [-0.4, -0.2) is 43.8 Å². The zero-order valence-electron chi connectivity index (χ0n) is 10.9. The minimum absolute atomic E-state index is 0.0103. The largest absolute Gasteiger partial charge is 0.338 e. The summed E-state index contributed by atoms with van der Waals surface area (Å²) in [5.41, 5.74) is 0.720. The predicted octanol–water partition coefficient (Wildman–Crippen LogP) is 1.39. The minimum atomic E-state index is -3.04. The minimum Gasteiger partial charge on any atom is -0.338 e. The van der Waals surface area contributed by atoms with Crippen molar-refractivity contribution in [2.45, 2.75) is 19.4 Å². The number of amides is 1. The number of carbonyl (C=O) groups excluding carboxylic acids is 1. The first-order valence-electron chi connectivity index (χ1n) is 6.04. The Kier molecular flexibility index (Phi) is 3.62. The molecule has 0 aromatic heterocycles. The summed E-state index contributed by atoms with van der Waals surface area (Å²) in [5.74, 6) is -0.680. The summed E-state index contributed by atoms with van der Waals surface area (Å²) in [6.07, 6.45) is 0.443. The second kappa shape index (κ2) is 4.92. The van der Waals surface area contributed by atoms with E-state index in [0.717, 1.165) is 0 Å². The first kappa shape index (κ1) is 14.0. The van der Waals surface area contributed by atoms with E-state index in [9.17, 15) is 17.6 Å². The Bertz CT molecular complexity index is 612. The molecule has 1 aromatic carbocycles. The van der Waals surface area contributed by atoms with Crippen molar-refractivity contribution < 1.29 is 17.6 Å². The van der Waals surface area contributed by atoms with Gasteiger partial charge in [0.2, 0.25) is 0 Å². The molecule has 0 saturated carbocycles. The highest BCUT2D eigenvalue weighted by atomic mass is 32.2. The molecule has 1 fully saturated rings. The second-order valence-electron chi connectivity index (χ2n) is 4.94. The van der Waals surface area contributed by atoms with Crippen molar-refractivity contribution in [1.29, 1.82) is 0 Å². The highest BCUT2D eigenvalue weighted by Crippen LogP contribution is 2.19. The van der Waals surface area contributed by atoms with Crippen molar-refractivity contribution in [3.8, 4) is 0 Å². The molecule has 104 valence electrons. The summed E-state index contributed by atoms with van der Waals surface area (Å²) in [4.78, 5) is 13.6. The molecule has 0 spiro atoms. The molecule has 0 bridgehead atoms. The first-order chi connectivity index (χ1) is 8.80. The van der Waals surface area contributed by atoms with Crippen LogP contribution in [-0.2, 0) is 9.84 Å². The van der Waals surface area contributed by atoms with E-state index in [2.05, 4.69) is 0 Å². The standard InChI is InChI=1S/C13H16FNO3S/c1-9-3-4-10(7-12(9)14)13(16)15(2)11-5-6-19(17,18)8-11/h3-4,7,11H,5-6,8H2,1-2H3. The van der Waals surface area contributed by atoms with E-state index >= 15 is 0 Å². The maximum Gasteiger partial charge on any atom is 0.253 e. The van der Waals surface area contributed by atoms with Crippen LogP contribution in [0.1, 0.15) is 22.3 Å². The van der Waals surface area contributed by atoms with E-state index in [0.29, 0.717) is 12.0 Å². The lowest BCUT2D eigenvalue weighted by atomic mass is 10.1. The van der Waals surface area contributed by atoms with Gasteiger partial charge in [-0.25, -0.2) is 12.8 Å². The lowest BCUT2D eigenvalue weighted by molar-refractivity contribution is 0.0747. The van der Waals surface area contributed by atoms with Gasteiger partial charge in [0.15, 0.2) is 9.84 Å². The Morgan fingerprint density at radius 1 is 1.42 bits per heavy atom. The smallest absolute Gasteiger partial charge is 0.253 e. The molecule has 0 radical (unpaired) electrons. The monoisotopic (exact) mass is 285 g/mol. The second-order valence-corrected chi connectivity index (χ2v) is 7.17. The molecule has 1 atom stereocenters. The van der Waals surface area contributed by atoms with Crippen LogP contribution in [0.4, 0.5) is 4.39 Å². The number of benzene rings is 1. The maximum absolute atomic E-state index is 13.4. The summed E-state index contributed by atoms with van der Waals surface area (Å²) in [6.45, 7) is 1.62. The zero-order valence-corrected chi connectivity index (χ0v) is 11.7. The summed E-state index contributed by atoms with van der Waals surface area (Å²) >= 11 is 0. The molecule has 0 aliphatic carbocycles. The lowest BCUT2D eigenvalue weighted by Gasteiger charge is -2.23. The fraction of sp³-hybridized carbons (Fsp3) is 0.462. The molecule has 1 aliphatic heterocycles. The van der Waals surface area contributed by atoms with E-state index in [-0.39, 0.29) is 29.0 Å². The molecule has 1 unspecified atom stereocenters. The van der Waals surface area contributed by atoms with Crippen LogP contribution in [0.25, 0.3) is 0 Å². The number of nitrogens with zero attached hydrogens (tertiary/aromatic N) is 1. The fourth-order valence-corrected chi connectivity index (χ4v) is 3.95. The molecule has 1 heterocycles. The quantitative estimate of drug-likeness (QED) is 0.825. The third-order valence-electron chi connectivity index (χ3n) is 3.50. The third-order valence-corrected chi connectivity index (χ3v) is 5.25. The number of hydrogen-bond donors (Lipinski definition) is 0. The van der Waals surface area contributed by atoms with Gasteiger partial charge in [-0.3, -0.25) is 4.79 Å². The van der Waals surface area contributed by atoms with Gasteiger partial charge in [0, 0.05) is 18.7 Å². The van der Waals surface area contributed by atoms with E-state index in [1.54, 1.807) is 26.1 Å². The molecule has 6 heteroatoms. The number of hydrogen-bond acceptors (Lipinski definition) is 3. The SMILES string of the molecule is Cc1ccc(C(=O)N(C)C2CCS(=O)(=O)C2)cc1F. The Hall–Kier alpha value is -1.43. The number of carbonyl (C=O) groups is 1. The fourth-order valence-electron chi connectivity index (χ4n) is 2.18. The van der Waals surface area contributed by atoms with Crippen LogP contribution >= 0.6 is 0 Å². The Labute approximate surface area is 112 Å². The molecule has 1 saturated heterocycles. The van der Waals surface area contributed by atoms with Crippen molar-refractivity contribution in [3.05, 3.63) is 35.1 Å². The van der Waals surface area contributed by atoms with E-state index in [4.69, 9.17) is 0 Å². The van der Waals surface area contributed by atoms with Crippen molar-refractivity contribution in [2.24, 2.45) is 0 Å². The predicted molar refractivity (Wildman–Crippen MR) is 70.3 cm³/mol. The molecular weight excluding hydrogens is 269 g/mol. The molecule has 0 N–H and O–H groups in total. The van der Waals surface area contributed by atoms with Gasteiger partial charge in [0.1, 0.15) is 5.82 Å². The number of aryl methyl sites for hydroxylation is 1. The third kappa shape index (κ3) is 2.94. The number of halogens is 1. The Morgan fingerprint density at radius 2 is 2.11 bits per heavy atom. The molecule has 4 nitrogen and oxygen atoms in total. The zero-order chi connectivity index (χ0) is 14.2. The van der Waals surface area contributed by atoms with Crippen LogP contribution in [0.2, 0.25) is 0 Å². The maximum atomic E-state index is 13.4. The summed E-state index contributed by atoms with van der Waals surface area (Å²) < 4.78 is 36.2. The highest BCUT2D eigenvalue weighted by molar-refractivity contribution is 7.91. The van der Waals surface area contributed by atoms with Gasteiger partial charge < -0.3 is 4.90 Å². The van der Waals surface area contributed by atoms with Gasteiger partial charge in [0.25, 0.3) is 5.91 Å². The van der Waals surface area contributed by atoms with E-state index < -0.39 is 15.7 Å². The van der Waals surface area contributed by atoms with E-state index in [1.807, 2.05) is 0 Å². The van der Waals surface area contributed by atoms with Gasteiger partial charge >= 0.3 is 0 Å². The van der Waals surface area contributed by atoms with Crippen molar-refractivity contribution in [3.63, 3.8) is 0 Å². The molecule has 1 amide bonds. The number of sulfone groups is 1. The molecule has 1 aliphatic rings. The normalized spacial score (nSPS) is 21.3. The lowest BCUT2D eigenvalue weighted by Crippen LogP contribution is -2.37. The van der Waals surface area contributed by atoms with Crippen LogP contribution in [0, 0.1) is 12.7 Å². The van der Waals surface area contributed by atoms with Gasteiger partial charge in [-0.2, -0.15) is 0 Å². The average Bonchev–Trinajstić information content (AvgIpc) is 2.71. The van der Waals surface area contributed by atoms with Crippen molar-refractivity contribution in [2.75, 3.05) is 18.6 Å². The Morgan fingerprint density at radius 3 is 2.63 bits per heavy atom. The summed E-state index contributed by atoms with van der Waals surface area (Å²) in [6, 6.07) is 3.97. The molecule has 2 rings (SSSR count).